The molecule has 1 aromatic carbocycles. The van der Waals surface area contributed by atoms with Crippen molar-refractivity contribution >= 4 is 17.7 Å². The topological polar surface area (TPSA) is 47.6 Å². The van der Waals surface area contributed by atoms with Gasteiger partial charge in [-0.2, -0.15) is 0 Å². The third kappa shape index (κ3) is 4.73. The van der Waals surface area contributed by atoms with Crippen molar-refractivity contribution in [3.05, 3.63) is 34.9 Å². The summed E-state index contributed by atoms with van der Waals surface area (Å²) in [6.45, 7) is 4.35. The van der Waals surface area contributed by atoms with Crippen molar-refractivity contribution in [2.24, 2.45) is 0 Å². The highest BCUT2D eigenvalue weighted by Gasteiger charge is 2.24. The zero-order valence-corrected chi connectivity index (χ0v) is 12.2. The molecule has 1 N–H and O–H groups in total. The molecule has 0 aromatic heterocycles. The summed E-state index contributed by atoms with van der Waals surface area (Å²) in [4.78, 5) is 11.5. The van der Waals surface area contributed by atoms with Crippen LogP contribution in [0, 0.1) is 0 Å². The first-order valence-corrected chi connectivity index (χ1v) is 6.69. The first-order valence-electron chi connectivity index (χ1n) is 6.31. The Balaban J connectivity index is 2.69. The van der Waals surface area contributed by atoms with E-state index in [4.69, 9.17) is 21.1 Å². The number of benzene rings is 1. The van der Waals surface area contributed by atoms with Gasteiger partial charge in [0.25, 0.3) is 0 Å². The summed E-state index contributed by atoms with van der Waals surface area (Å²) in [7, 11) is 1.57. The Kier molecular flexibility index (Phi) is 6.67. The lowest BCUT2D eigenvalue weighted by Crippen LogP contribution is -2.31. The van der Waals surface area contributed by atoms with Crippen LogP contribution in [0.1, 0.15) is 31.9 Å². The molecule has 0 saturated heterocycles. The van der Waals surface area contributed by atoms with E-state index in [1.54, 1.807) is 20.1 Å². The SMILES string of the molecule is CCCNC(=O)OC(C)C(OC)c1ccccc1Cl. The van der Waals surface area contributed by atoms with E-state index in [1.807, 2.05) is 25.1 Å². The van der Waals surface area contributed by atoms with Crippen LogP contribution in [0.15, 0.2) is 24.3 Å². The van der Waals surface area contributed by atoms with E-state index in [1.165, 1.54) is 0 Å². The summed E-state index contributed by atoms with van der Waals surface area (Å²) >= 11 is 6.13. The number of nitrogens with one attached hydrogen (secondary N) is 1. The molecule has 0 heterocycles. The number of rotatable bonds is 6. The molecule has 0 fully saturated rings. The average molecular weight is 286 g/mol. The van der Waals surface area contributed by atoms with Crippen LogP contribution in [-0.4, -0.2) is 25.9 Å². The Bertz CT molecular complexity index is 411. The van der Waals surface area contributed by atoms with Crippen molar-refractivity contribution < 1.29 is 14.3 Å². The summed E-state index contributed by atoms with van der Waals surface area (Å²) in [6.07, 6.45) is -0.395. The van der Waals surface area contributed by atoms with Crippen LogP contribution in [0.2, 0.25) is 5.02 Å². The average Bonchev–Trinajstić information content (AvgIpc) is 2.39. The fourth-order valence-electron chi connectivity index (χ4n) is 1.78. The molecule has 1 amide bonds. The summed E-state index contributed by atoms with van der Waals surface area (Å²) in [5.74, 6) is 0. The van der Waals surface area contributed by atoms with E-state index < -0.39 is 12.2 Å². The normalized spacial score (nSPS) is 13.7. The maximum absolute atomic E-state index is 11.5. The monoisotopic (exact) mass is 285 g/mol. The maximum atomic E-state index is 11.5. The van der Waals surface area contributed by atoms with E-state index in [-0.39, 0.29) is 6.10 Å². The van der Waals surface area contributed by atoms with Crippen LogP contribution < -0.4 is 5.32 Å². The standard InChI is InChI=1S/C14H20ClNO3/c1-4-9-16-14(17)19-10(2)13(18-3)11-7-5-6-8-12(11)15/h5-8,10,13H,4,9H2,1-3H3,(H,16,17). The fraction of sp³-hybridized carbons (Fsp3) is 0.500. The lowest BCUT2D eigenvalue weighted by molar-refractivity contribution is -0.0147. The van der Waals surface area contributed by atoms with Crippen LogP contribution in [0.25, 0.3) is 0 Å². The molecule has 0 bridgehead atoms. The van der Waals surface area contributed by atoms with Gasteiger partial charge in [0.15, 0.2) is 0 Å². The molecule has 106 valence electrons. The molecule has 2 unspecified atom stereocenters. The molecule has 0 aliphatic carbocycles. The largest absolute Gasteiger partial charge is 0.443 e. The first kappa shape index (κ1) is 15.8. The van der Waals surface area contributed by atoms with Gasteiger partial charge in [0.2, 0.25) is 0 Å². The number of halogens is 1. The lowest BCUT2D eigenvalue weighted by atomic mass is 10.1. The van der Waals surface area contributed by atoms with E-state index in [0.29, 0.717) is 11.6 Å². The summed E-state index contributed by atoms with van der Waals surface area (Å²) in [5, 5.41) is 3.25. The third-order valence-electron chi connectivity index (χ3n) is 2.70. The molecule has 0 aliphatic rings. The molecule has 0 aliphatic heterocycles. The van der Waals surface area contributed by atoms with Gasteiger partial charge in [0.1, 0.15) is 12.2 Å². The fourth-order valence-corrected chi connectivity index (χ4v) is 2.02. The van der Waals surface area contributed by atoms with E-state index in [9.17, 15) is 4.79 Å². The first-order chi connectivity index (χ1) is 9.10. The van der Waals surface area contributed by atoms with Gasteiger partial charge in [-0.15, -0.1) is 0 Å². The molecule has 1 rings (SSSR count). The molecule has 1 aromatic rings. The zero-order valence-electron chi connectivity index (χ0n) is 11.5. The van der Waals surface area contributed by atoms with Gasteiger partial charge in [-0.25, -0.2) is 4.79 Å². The molecule has 0 saturated carbocycles. The van der Waals surface area contributed by atoms with Gasteiger partial charge in [0, 0.05) is 24.2 Å². The zero-order chi connectivity index (χ0) is 14.3. The van der Waals surface area contributed by atoms with Crippen molar-refractivity contribution in [3.8, 4) is 0 Å². The number of methoxy groups -OCH3 is 1. The highest BCUT2D eigenvalue weighted by Crippen LogP contribution is 2.28. The molecule has 5 heteroatoms. The minimum absolute atomic E-state index is 0.388. The Morgan fingerprint density at radius 2 is 2.11 bits per heavy atom. The highest BCUT2D eigenvalue weighted by molar-refractivity contribution is 6.31. The molecule has 2 atom stereocenters. The summed E-state index contributed by atoms with van der Waals surface area (Å²) in [6, 6.07) is 7.36. The van der Waals surface area contributed by atoms with Crippen LogP contribution in [0.5, 0.6) is 0 Å². The van der Waals surface area contributed by atoms with Gasteiger partial charge >= 0.3 is 6.09 Å². The minimum Gasteiger partial charge on any atom is -0.443 e. The molecular weight excluding hydrogens is 266 g/mol. The number of hydrogen-bond acceptors (Lipinski definition) is 3. The summed E-state index contributed by atoms with van der Waals surface area (Å²) in [5.41, 5.74) is 0.808. The Hall–Kier alpha value is -1.26. The second-order valence-electron chi connectivity index (χ2n) is 4.22. The number of alkyl carbamates (subject to hydrolysis) is 1. The number of carbonyl (C=O) groups excluding carboxylic acids is 1. The van der Waals surface area contributed by atoms with Crippen LogP contribution in [0.3, 0.4) is 0 Å². The number of carbonyl (C=O) groups is 1. The van der Waals surface area contributed by atoms with Gasteiger partial charge in [-0.1, -0.05) is 36.7 Å². The quantitative estimate of drug-likeness (QED) is 0.869. The third-order valence-corrected chi connectivity index (χ3v) is 3.05. The second-order valence-corrected chi connectivity index (χ2v) is 4.62. The van der Waals surface area contributed by atoms with Crippen molar-refractivity contribution in [3.63, 3.8) is 0 Å². The molecule has 19 heavy (non-hydrogen) atoms. The lowest BCUT2D eigenvalue weighted by Gasteiger charge is -2.24. The highest BCUT2D eigenvalue weighted by atomic mass is 35.5. The Morgan fingerprint density at radius 1 is 1.42 bits per heavy atom. The predicted octanol–water partition coefficient (Wildman–Crippen LogP) is 3.55. The van der Waals surface area contributed by atoms with Gasteiger partial charge in [-0.3, -0.25) is 0 Å². The summed E-state index contributed by atoms with van der Waals surface area (Å²) < 4.78 is 10.7. The second kappa shape index (κ2) is 8.02. The van der Waals surface area contributed by atoms with Crippen molar-refractivity contribution in [1.82, 2.24) is 5.32 Å². The smallest absolute Gasteiger partial charge is 0.407 e. The Labute approximate surface area is 119 Å². The van der Waals surface area contributed by atoms with E-state index >= 15 is 0 Å². The van der Waals surface area contributed by atoms with Crippen LogP contribution >= 0.6 is 11.6 Å². The molecule has 4 nitrogen and oxygen atoms in total. The van der Waals surface area contributed by atoms with E-state index in [2.05, 4.69) is 5.32 Å². The number of hydrogen-bond donors (Lipinski definition) is 1. The molecule has 0 spiro atoms. The minimum atomic E-state index is -0.441. The predicted molar refractivity (Wildman–Crippen MR) is 75.4 cm³/mol. The van der Waals surface area contributed by atoms with E-state index in [0.717, 1.165) is 12.0 Å². The van der Waals surface area contributed by atoms with Gasteiger partial charge in [0.05, 0.1) is 0 Å². The van der Waals surface area contributed by atoms with Crippen molar-refractivity contribution in [2.45, 2.75) is 32.5 Å². The van der Waals surface area contributed by atoms with Crippen LogP contribution in [-0.2, 0) is 9.47 Å². The number of ether oxygens (including phenoxy) is 2. The van der Waals surface area contributed by atoms with Gasteiger partial charge < -0.3 is 14.8 Å². The molecule has 0 radical (unpaired) electrons. The Morgan fingerprint density at radius 3 is 2.68 bits per heavy atom. The molecular formula is C14H20ClNO3. The van der Waals surface area contributed by atoms with Crippen molar-refractivity contribution in [2.75, 3.05) is 13.7 Å². The van der Waals surface area contributed by atoms with Crippen molar-refractivity contribution in [1.29, 1.82) is 0 Å². The van der Waals surface area contributed by atoms with Crippen LogP contribution in [0.4, 0.5) is 4.79 Å². The number of amides is 1. The maximum Gasteiger partial charge on any atom is 0.407 e. The van der Waals surface area contributed by atoms with Gasteiger partial charge in [-0.05, 0) is 19.4 Å².